The van der Waals surface area contributed by atoms with Crippen molar-refractivity contribution in [2.24, 2.45) is 0 Å². The molecule has 0 saturated carbocycles. The summed E-state index contributed by atoms with van der Waals surface area (Å²) < 4.78 is 4.63. The van der Waals surface area contributed by atoms with E-state index in [1.165, 1.54) is 0 Å². The molecule has 5 heteroatoms. The highest BCUT2D eigenvalue weighted by Gasteiger charge is 2.05. The van der Waals surface area contributed by atoms with Crippen LogP contribution >= 0.6 is 11.6 Å². The molecule has 0 fully saturated rings. The van der Waals surface area contributed by atoms with Crippen LogP contribution in [0.5, 0.6) is 0 Å². The quantitative estimate of drug-likeness (QED) is 0.541. The van der Waals surface area contributed by atoms with Crippen molar-refractivity contribution in [3.63, 3.8) is 0 Å². The van der Waals surface area contributed by atoms with Crippen molar-refractivity contribution in [3.05, 3.63) is 0 Å². The molecule has 0 saturated heterocycles. The van der Waals surface area contributed by atoms with E-state index in [1.807, 2.05) is 12.2 Å². The van der Waals surface area contributed by atoms with Crippen LogP contribution in [0.2, 0.25) is 0 Å². The van der Waals surface area contributed by atoms with Crippen LogP contribution in [0.4, 0.5) is 4.79 Å². The van der Waals surface area contributed by atoms with Crippen LogP contribution in [-0.2, 0) is 9.53 Å². The maximum Gasteiger partial charge on any atom is 0.413 e. The van der Waals surface area contributed by atoms with Crippen molar-refractivity contribution < 1.29 is 14.3 Å². The molecule has 0 radical (unpaired) electrons. The number of alkyl carbamates (subject to hydrolysis) is 1. The van der Waals surface area contributed by atoms with Gasteiger partial charge in [0.1, 0.15) is 5.88 Å². The Morgan fingerprint density at radius 1 is 1.50 bits per heavy atom. The van der Waals surface area contributed by atoms with Gasteiger partial charge < -0.3 is 4.74 Å². The van der Waals surface area contributed by atoms with E-state index < -0.39 is 12.0 Å². The SMILES string of the molecule is CCCCOC(=O)NC(=O)CCl. The lowest BCUT2D eigenvalue weighted by atomic mass is 10.4. The number of halogens is 1. The van der Waals surface area contributed by atoms with Crippen molar-refractivity contribution in [2.45, 2.75) is 19.8 Å². The van der Waals surface area contributed by atoms with Gasteiger partial charge in [0.2, 0.25) is 5.91 Å². The molecular formula is C7H12ClNO3. The zero-order chi connectivity index (χ0) is 9.40. The Hall–Kier alpha value is -0.770. The molecule has 0 unspecified atom stereocenters. The van der Waals surface area contributed by atoms with E-state index in [0.29, 0.717) is 6.61 Å². The van der Waals surface area contributed by atoms with Gasteiger partial charge in [0, 0.05) is 0 Å². The van der Waals surface area contributed by atoms with Gasteiger partial charge in [0.25, 0.3) is 0 Å². The smallest absolute Gasteiger partial charge is 0.413 e. The minimum Gasteiger partial charge on any atom is -0.449 e. The van der Waals surface area contributed by atoms with E-state index in [9.17, 15) is 9.59 Å². The molecule has 12 heavy (non-hydrogen) atoms. The number of rotatable bonds is 4. The normalized spacial score (nSPS) is 9.17. The average molecular weight is 194 g/mol. The Morgan fingerprint density at radius 2 is 2.17 bits per heavy atom. The van der Waals surface area contributed by atoms with E-state index in [4.69, 9.17) is 11.6 Å². The standard InChI is InChI=1S/C7H12ClNO3/c1-2-3-4-12-7(11)9-6(10)5-8/h2-5H2,1H3,(H,9,10,11). The maximum atomic E-state index is 10.7. The first kappa shape index (κ1) is 11.2. The van der Waals surface area contributed by atoms with Gasteiger partial charge in [-0.05, 0) is 6.42 Å². The fraction of sp³-hybridized carbons (Fsp3) is 0.714. The summed E-state index contributed by atoms with van der Waals surface area (Å²) in [5, 5.41) is 1.96. The van der Waals surface area contributed by atoms with Crippen LogP contribution in [0.1, 0.15) is 19.8 Å². The fourth-order valence-electron chi connectivity index (χ4n) is 0.493. The number of amides is 2. The number of hydrogen-bond acceptors (Lipinski definition) is 3. The number of alkyl halides is 1. The van der Waals surface area contributed by atoms with Crippen molar-refractivity contribution in [3.8, 4) is 0 Å². The molecule has 70 valence electrons. The summed E-state index contributed by atoms with van der Waals surface area (Å²) in [6.45, 7) is 2.31. The zero-order valence-corrected chi connectivity index (χ0v) is 7.69. The number of nitrogens with one attached hydrogen (secondary N) is 1. The van der Waals surface area contributed by atoms with E-state index in [1.54, 1.807) is 0 Å². The molecule has 0 bridgehead atoms. The third-order valence-electron chi connectivity index (χ3n) is 1.09. The van der Waals surface area contributed by atoms with Gasteiger partial charge in [0.15, 0.2) is 0 Å². The van der Waals surface area contributed by atoms with Crippen molar-refractivity contribution in [2.75, 3.05) is 12.5 Å². The molecule has 0 aliphatic rings. The van der Waals surface area contributed by atoms with Crippen LogP contribution < -0.4 is 5.32 Å². The molecule has 0 aliphatic heterocycles. The Morgan fingerprint density at radius 3 is 2.67 bits per heavy atom. The summed E-state index contributed by atoms with van der Waals surface area (Å²) in [6, 6.07) is 0. The van der Waals surface area contributed by atoms with Crippen molar-refractivity contribution in [1.82, 2.24) is 5.32 Å². The number of ether oxygens (including phenoxy) is 1. The molecule has 0 heterocycles. The van der Waals surface area contributed by atoms with Crippen LogP contribution in [0, 0.1) is 0 Å². The molecule has 0 aliphatic carbocycles. The van der Waals surface area contributed by atoms with Gasteiger partial charge in [-0.2, -0.15) is 0 Å². The second-order valence-corrected chi connectivity index (χ2v) is 2.44. The molecule has 0 aromatic heterocycles. The summed E-state index contributed by atoms with van der Waals surface area (Å²) in [5.41, 5.74) is 0. The Balaban J connectivity index is 3.40. The predicted octanol–water partition coefficient (Wildman–Crippen LogP) is 1.28. The third kappa shape index (κ3) is 5.97. The van der Waals surface area contributed by atoms with Crippen molar-refractivity contribution >= 4 is 23.6 Å². The van der Waals surface area contributed by atoms with E-state index in [0.717, 1.165) is 12.8 Å². The van der Waals surface area contributed by atoms with Gasteiger partial charge in [0.05, 0.1) is 6.61 Å². The van der Waals surface area contributed by atoms with Gasteiger partial charge >= 0.3 is 6.09 Å². The predicted molar refractivity (Wildman–Crippen MR) is 45.1 cm³/mol. The summed E-state index contributed by atoms with van der Waals surface area (Å²) in [5.74, 6) is -0.777. The van der Waals surface area contributed by atoms with E-state index in [-0.39, 0.29) is 5.88 Å². The van der Waals surface area contributed by atoms with E-state index in [2.05, 4.69) is 4.74 Å². The first-order chi connectivity index (χ1) is 5.70. The molecular weight excluding hydrogens is 182 g/mol. The number of carbonyl (C=O) groups is 2. The number of unbranched alkanes of at least 4 members (excludes halogenated alkanes) is 1. The molecule has 2 amide bonds. The second kappa shape index (κ2) is 6.91. The lowest BCUT2D eigenvalue weighted by Crippen LogP contribution is -2.32. The summed E-state index contributed by atoms with van der Waals surface area (Å²) in [6.07, 6.45) is 1.01. The highest BCUT2D eigenvalue weighted by molar-refractivity contribution is 6.28. The molecule has 0 rings (SSSR count). The van der Waals surface area contributed by atoms with Gasteiger partial charge in [-0.3, -0.25) is 10.1 Å². The lowest BCUT2D eigenvalue weighted by molar-refractivity contribution is -0.118. The third-order valence-corrected chi connectivity index (χ3v) is 1.34. The first-order valence-electron chi connectivity index (χ1n) is 3.73. The van der Waals surface area contributed by atoms with Crippen LogP contribution in [0.25, 0.3) is 0 Å². The Labute approximate surface area is 76.2 Å². The molecule has 0 aromatic carbocycles. The second-order valence-electron chi connectivity index (χ2n) is 2.17. The zero-order valence-electron chi connectivity index (χ0n) is 6.93. The summed E-state index contributed by atoms with van der Waals surface area (Å²) in [7, 11) is 0. The monoisotopic (exact) mass is 193 g/mol. The largest absolute Gasteiger partial charge is 0.449 e. The van der Waals surface area contributed by atoms with Gasteiger partial charge in [-0.25, -0.2) is 4.79 Å². The minimum absolute atomic E-state index is 0.233. The summed E-state index contributed by atoms with van der Waals surface area (Å²) in [4.78, 5) is 21.2. The first-order valence-corrected chi connectivity index (χ1v) is 4.26. The highest BCUT2D eigenvalue weighted by Crippen LogP contribution is 1.88. The van der Waals surface area contributed by atoms with Gasteiger partial charge in [-0.15, -0.1) is 11.6 Å². The Kier molecular flexibility index (Phi) is 6.47. The molecule has 0 atom stereocenters. The minimum atomic E-state index is -0.728. The topological polar surface area (TPSA) is 55.4 Å². The van der Waals surface area contributed by atoms with Crippen LogP contribution in [-0.4, -0.2) is 24.5 Å². The summed E-state index contributed by atoms with van der Waals surface area (Å²) >= 11 is 5.14. The number of imide groups is 1. The molecule has 1 N–H and O–H groups in total. The number of hydrogen-bond donors (Lipinski definition) is 1. The van der Waals surface area contributed by atoms with Crippen molar-refractivity contribution in [1.29, 1.82) is 0 Å². The molecule has 4 nitrogen and oxygen atoms in total. The fourth-order valence-corrected chi connectivity index (χ4v) is 0.559. The molecule has 0 aromatic rings. The van der Waals surface area contributed by atoms with Gasteiger partial charge in [-0.1, -0.05) is 13.3 Å². The molecule has 0 spiro atoms. The number of carbonyl (C=O) groups excluding carboxylic acids is 2. The Bertz CT molecular complexity index is 161. The lowest BCUT2D eigenvalue weighted by Gasteiger charge is -2.02. The maximum absolute atomic E-state index is 10.7. The van der Waals surface area contributed by atoms with Crippen LogP contribution in [0.3, 0.4) is 0 Å². The van der Waals surface area contributed by atoms with E-state index >= 15 is 0 Å². The highest BCUT2D eigenvalue weighted by atomic mass is 35.5. The van der Waals surface area contributed by atoms with Crippen LogP contribution in [0.15, 0.2) is 0 Å². The average Bonchev–Trinajstić information content (AvgIpc) is 2.05.